The Balaban J connectivity index is 2.09. The average molecular weight is 297 g/mol. The molecule has 120 valence electrons. The first-order valence-electron chi connectivity index (χ1n) is 8.00. The van der Waals surface area contributed by atoms with E-state index in [9.17, 15) is 9.59 Å². The van der Waals surface area contributed by atoms with Crippen molar-refractivity contribution in [3.8, 4) is 0 Å². The third-order valence-corrected chi connectivity index (χ3v) is 4.81. The number of nitrogens with two attached hydrogens (primary N) is 1. The molecule has 6 heteroatoms. The molecule has 2 rings (SSSR count). The summed E-state index contributed by atoms with van der Waals surface area (Å²) in [6.07, 6.45) is 2.80. The largest absolute Gasteiger partial charge is 0.378 e. The topological polar surface area (TPSA) is 75.9 Å². The standard InChI is InChI=1S/C15H27N3O3/c1-3-15(16,4-2)14(20)18-7-5-6-12(18)13(19)17-8-10-21-11-9-17/h12H,3-11,16H2,1-2H3. The summed E-state index contributed by atoms with van der Waals surface area (Å²) in [5.74, 6) is -0.0182. The van der Waals surface area contributed by atoms with Gasteiger partial charge in [0.15, 0.2) is 0 Å². The predicted molar refractivity (Wildman–Crippen MR) is 79.6 cm³/mol. The van der Waals surface area contributed by atoms with E-state index >= 15 is 0 Å². The number of rotatable bonds is 4. The second-order valence-corrected chi connectivity index (χ2v) is 5.96. The van der Waals surface area contributed by atoms with Crippen molar-refractivity contribution in [1.82, 2.24) is 9.80 Å². The molecule has 2 amide bonds. The van der Waals surface area contributed by atoms with Crippen molar-refractivity contribution in [2.75, 3.05) is 32.8 Å². The van der Waals surface area contributed by atoms with E-state index in [0.717, 1.165) is 12.8 Å². The molecule has 2 heterocycles. The van der Waals surface area contributed by atoms with Crippen molar-refractivity contribution in [3.05, 3.63) is 0 Å². The third-order valence-electron chi connectivity index (χ3n) is 4.81. The minimum atomic E-state index is -0.839. The van der Waals surface area contributed by atoms with E-state index in [4.69, 9.17) is 10.5 Å². The summed E-state index contributed by atoms with van der Waals surface area (Å²) >= 11 is 0. The number of amides is 2. The molecule has 6 nitrogen and oxygen atoms in total. The maximum atomic E-state index is 12.7. The molecule has 1 atom stereocenters. The second-order valence-electron chi connectivity index (χ2n) is 5.96. The lowest BCUT2D eigenvalue weighted by molar-refractivity contribution is -0.149. The van der Waals surface area contributed by atoms with Gasteiger partial charge >= 0.3 is 0 Å². The molecular weight excluding hydrogens is 270 g/mol. The number of hydrogen-bond donors (Lipinski definition) is 1. The number of ether oxygens (including phenoxy) is 1. The van der Waals surface area contributed by atoms with E-state index in [2.05, 4.69) is 0 Å². The molecule has 2 N–H and O–H groups in total. The van der Waals surface area contributed by atoms with E-state index in [0.29, 0.717) is 45.7 Å². The van der Waals surface area contributed by atoms with Gasteiger partial charge in [0, 0.05) is 19.6 Å². The van der Waals surface area contributed by atoms with Crippen molar-refractivity contribution < 1.29 is 14.3 Å². The molecule has 0 aromatic rings. The van der Waals surface area contributed by atoms with Crippen LogP contribution in [0.4, 0.5) is 0 Å². The summed E-state index contributed by atoms with van der Waals surface area (Å²) in [4.78, 5) is 28.9. The average Bonchev–Trinajstić information content (AvgIpc) is 3.02. The molecule has 2 saturated heterocycles. The van der Waals surface area contributed by atoms with E-state index < -0.39 is 5.54 Å². The van der Waals surface area contributed by atoms with Crippen LogP contribution >= 0.6 is 0 Å². The van der Waals surface area contributed by atoms with Gasteiger partial charge in [0.2, 0.25) is 11.8 Å². The van der Waals surface area contributed by atoms with Crippen LogP contribution in [0.1, 0.15) is 39.5 Å². The number of carbonyl (C=O) groups excluding carboxylic acids is 2. The maximum Gasteiger partial charge on any atom is 0.245 e. The Labute approximate surface area is 126 Å². The SMILES string of the molecule is CCC(N)(CC)C(=O)N1CCCC1C(=O)N1CCOCC1. The van der Waals surface area contributed by atoms with Crippen molar-refractivity contribution in [2.45, 2.75) is 51.1 Å². The number of hydrogen-bond acceptors (Lipinski definition) is 4. The van der Waals surface area contributed by atoms with Crippen LogP contribution in [-0.2, 0) is 14.3 Å². The van der Waals surface area contributed by atoms with Gasteiger partial charge < -0.3 is 20.3 Å². The molecule has 1 unspecified atom stereocenters. The minimum absolute atomic E-state index is 0.0544. The molecule has 0 aliphatic carbocycles. The van der Waals surface area contributed by atoms with Gasteiger partial charge in [-0.25, -0.2) is 0 Å². The molecule has 2 fully saturated rings. The van der Waals surface area contributed by atoms with Gasteiger partial charge in [-0.1, -0.05) is 13.8 Å². The third kappa shape index (κ3) is 3.21. The first-order valence-corrected chi connectivity index (χ1v) is 8.00. The Morgan fingerprint density at radius 2 is 1.81 bits per heavy atom. The summed E-state index contributed by atoms with van der Waals surface area (Å²) < 4.78 is 5.28. The van der Waals surface area contributed by atoms with E-state index in [1.807, 2.05) is 18.7 Å². The van der Waals surface area contributed by atoms with Crippen LogP contribution in [0.3, 0.4) is 0 Å². The minimum Gasteiger partial charge on any atom is -0.378 e. The molecule has 0 bridgehead atoms. The van der Waals surface area contributed by atoms with Gasteiger partial charge in [-0.2, -0.15) is 0 Å². The highest BCUT2D eigenvalue weighted by atomic mass is 16.5. The predicted octanol–water partition coefficient (Wildman–Crippen LogP) is 0.354. The smallest absolute Gasteiger partial charge is 0.245 e. The van der Waals surface area contributed by atoms with Crippen LogP contribution in [-0.4, -0.2) is 66.0 Å². The molecule has 0 spiro atoms. The molecular formula is C15H27N3O3. The zero-order valence-electron chi connectivity index (χ0n) is 13.1. The first kappa shape index (κ1) is 16.2. The van der Waals surface area contributed by atoms with Gasteiger partial charge in [0.05, 0.1) is 18.8 Å². The molecule has 0 aromatic carbocycles. The van der Waals surface area contributed by atoms with Crippen LogP contribution in [0.5, 0.6) is 0 Å². The lowest BCUT2D eigenvalue weighted by Crippen LogP contribution is -2.59. The molecule has 0 radical (unpaired) electrons. The molecule has 0 aromatic heterocycles. The Morgan fingerprint density at radius 3 is 2.38 bits per heavy atom. The van der Waals surface area contributed by atoms with Gasteiger partial charge in [0.1, 0.15) is 6.04 Å². The molecule has 2 aliphatic rings. The number of nitrogens with zero attached hydrogens (tertiary/aromatic N) is 2. The maximum absolute atomic E-state index is 12.7. The second kappa shape index (κ2) is 6.75. The van der Waals surface area contributed by atoms with Gasteiger partial charge in [-0.05, 0) is 25.7 Å². The monoisotopic (exact) mass is 297 g/mol. The fourth-order valence-electron chi connectivity index (χ4n) is 3.10. The van der Waals surface area contributed by atoms with Gasteiger partial charge in [0.25, 0.3) is 0 Å². The summed E-state index contributed by atoms with van der Waals surface area (Å²) in [6.45, 7) is 6.89. The highest BCUT2D eigenvalue weighted by molar-refractivity contribution is 5.92. The van der Waals surface area contributed by atoms with Crippen LogP contribution in [0, 0.1) is 0 Å². The Hall–Kier alpha value is -1.14. The van der Waals surface area contributed by atoms with Crippen LogP contribution in [0.15, 0.2) is 0 Å². The number of carbonyl (C=O) groups is 2. The van der Waals surface area contributed by atoms with Gasteiger partial charge in [-0.15, -0.1) is 0 Å². The van der Waals surface area contributed by atoms with Crippen molar-refractivity contribution >= 4 is 11.8 Å². The molecule has 0 saturated carbocycles. The van der Waals surface area contributed by atoms with Gasteiger partial charge in [-0.3, -0.25) is 9.59 Å². The number of likely N-dealkylation sites (tertiary alicyclic amines) is 1. The Morgan fingerprint density at radius 1 is 1.19 bits per heavy atom. The number of morpholine rings is 1. The van der Waals surface area contributed by atoms with E-state index in [1.165, 1.54) is 0 Å². The van der Waals surface area contributed by atoms with Crippen LogP contribution in [0.25, 0.3) is 0 Å². The highest BCUT2D eigenvalue weighted by Gasteiger charge is 2.42. The van der Waals surface area contributed by atoms with E-state index in [-0.39, 0.29) is 17.9 Å². The van der Waals surface area contributed by atoms with Crippen molar-refractivity contribution in [2.24, 2.45) is 5.73 Å². The van der Waals surface area contributed by atoms with E-state index in [1.54, 1.807) is 4.90 Å². The normalized spacial score (nSPS) is 23.5. The van der Waals surface area contributed by atoms with Crippen LogP contribution in [0.2, 0.25) is 0 Å². The summed E-state index contributed by atoms with van der Waals surface area (Å²) in [7, 11) is 0. The summed E-state index contributed by atoms with van der Waals surface area (Å²) in [5.41, 5.74) is 5.39. The fourth-order valence-corrected chi connectivity index (χ4v) is 3.10. The van der Waals surface area contributed by atoms with Crippen LogP contribution < -0.4 is 5.73 Å². The Kier molecular flexibility index (Phi) is 5.22. The first-order chi connectivity index (χ1) is 10.0. The zero-order valence-corrected chi connectivity index (χ0v) is 13.1. The quantitative estimate of drug-likeness (QED) is 0.812. The Bertz CT molecular complexity index is 390. The lowest BCUT2D eigenvalue weighted by atomic mass is 9.92. The zero-order chi connectivity index (χ0) is 15.5. The highest BCUT2D eigenvalue weighted by Crippen LogP contribution is 2.25. The summed E-state index contributed by atoms with van der Waals surface area (Å²) in [5, 5.41) is 0. The van der Waals surface area contributed by atoms with Crippen molar-refractivity contribution in [1.29, 1.82) is 0 Å². The fraction of sp³-hybridized carbons (Fsp3) is 0.867. The summed E-state index contributed by atoms with van der Waals surface area (Å²) in [6, 6.07) is -0.336. The van der Waals surface area contributed by atoms with Crippen molar-refractivity contribution in [3.63, 3.8) is 0 Å². The molecule has 2 aliphatic heterocycles. The lowest BCUT2D eigenvalue weighted by Gasteiger charge is -2.36. The molecule has 21 heavy (non-hydrogen) atoms.